The van der Waals surface area contributed by atoms with E-state index in [0.29, 0.717) is 0 Å². The summed E-state index contributed by atoms with van der Waals surface area (Å²) >= 11 is 0. The number of phenolic OH excluding ortho intramolecular Hbond substituents is 1. The van der Waals surface area contributed by atoms with Crippen LogP contribution >= 0.6 is 0 Å². The molecule has 0 saturated carbocycles. The highest BCUT2D eigenvalue weighted by atomic mass is 16.6. The van der Waals surface area contributed by atoms with Crippen LogP contribution in [0.1, 0.15) is 65.6 Å². The van der Waals surface area contributed by atoms with Crippen molar-refractivity contribution in [2.45, 2.75) is 84.2 Å². The van der Waals surface area contributed by atoms with Gasteiger partial charge in [-0.2, -0.15) is 5.26 Å². The molecule has 2 aromatic rings. The van der Waals surface area contributed by atoms with E-state index >= 15 is 0 Å². The molecule has 0 aliphatic heterocycles. The van der Waals surface area contributed by atoms with Crippen LogP contribution in [0, 0.1) is 11.3 Å². The number of ether oxygens (including phenoxy) is 2. The first kappa shape index (κ1) is 33.6. The Morgan fingerprint density at radius 3 is 2.02 bits per heavy atom. The van der Waals surface area contributed by atoms with Crippen molar-refractivity contribution in [2.24, 2.45) is 0 Å². The first-order valence-electron chi connectivity index (χ1n) is 13.5. The number of phenols is 1. The third-order valence-electron chi connectivity index (χ3n) is 5.71. The van der Waals surface area contributed by atoms with E-state index in [1.54, 1.807) is 71.9 Å². The summed E-state index contributed by atoms with van der Waals surface area (Å²) in [5.74, 6) is -2.63. The van der Waals surface area contributed by atoms with Crippen molar-refractivity contribution in [2.75, 3.05) is 6.54 Å². The van der Waals surface area contributed by atoms with Gasteiger partial charge in [-0.05, 0) is 60.1 Å². The van der Waals surface area contributed by atoms with Crippen molar-refractivity contribution in [3.8, 4) is 11.8 Å². The number of carbonyl (C=O) groups is 4. The summed E-state index contributed by atoms with van der Waals surface area (Å²) in [5.41, 5.74) is -0.912. The van der Waals surface area contributed by atoms with E-state index < -0.39 is 59.7 Å². The van der Waals surface area contributed by atoms with Crippen LogP contribution in [0.25, 0.3) is 0 Å². The summed E-state index contributed by atoms with van der Waals surface area (Å²) in [7, 11) is 0. The molecule has 0 spiro atoms. The van der Waals surface area contributed by atoms with Crippen LogP contribution in [-0.4, -0.2) is 63.7 Å². The molecule has 0 radical (unpaired) electrons. The van der Waals surface area contributed by atoms with Crippen LogP contribution in [0.5, 0.6) is 5.75 Å². The van der Waals surface area contributed by atoms with Gasteiger partial charge in [0.2, 0.25) is 11.8 Å². The minimum absolute atomic E-state index is 0.0192. The minimum atomic E-state index is -1.54. The molecule has 42 heavy (non-hydrogen) atoms. The van der Waals surface area contributed by atoms with E-state index in [-0.39, 0.29) is 17.7 Å². The lowest BCUT2D eigenvalue weighted by molar-refractivity contribution is -0.159. The zero-order chi connectivity index (χ0) is 31.7. The maximum absolute atomic E-state index is 14.0. The molecule has 3 amide bonds. The number of rotatable bonds is 10. The number of esters is 1. The normalized spacial score (nSPS) is 13.5. The fraction of sp³-hybridized carbons (Fsp3) is 0.452. The lowest BCUT2D eigenvalue weighted by Crippen LogP contribution is -2.54. The second kappa shape index (κ2) is 14.3. The van der Waals surface area contributed by atoms with Gasteiger partial charge in [0, 0.05) is 12.0 Å². The predicted molar refractivity (Wildman–Crippen MR) is 155 cm³/mol. The van der Waals surface area contributed by atoms with Crippen LogP contribution in [0.2, 0.25) is 0 Å². The minimum Gasteiger partial charge on any atom is -0.508 e. The number of nitrogens with zero attached hydrogens (tertiary/aromatic N) is 2. The molecule has 0 aliphatic rings. The lowest BCUT2D eigenvalue weighted by Gasteiger charge is -2.33. The molecule has 0 aliphatic carbocycles. The van der Waals surface area contributed by atoms with Crippen LogP contribution < -0.4 is 10.6 Å². The SMILES string of the molecule is CC(NC(=O)OC(C)(C)C)C(=O)N(CC#N)C(C(=O)NC(Cc1ccccc1)C(=O)OC(C)(C)C)c1ccccc1O. The van der Waals surface area contributed by atoms with E-state index in [4.69, 9.17) is 9.47 Å². The van der Waals surface area contributed by atoms with Crippen molar-refractivity contribution in [3.63, 3.8) is 0 Å². The molecule has 3 unspecified atom stereocenters. The molecule has 0 saturated heterocycles. The molecule has 11 nitrogen and oxygen atoms in total. The summed E-state index contributed by atoms with van der Waals surface area (Å²) in [6, 6.07) is 12.8. The standard InChI is InChI=1S/C31H40N4O7/c1-20(33-29(40)42-31(5,6)7)27(38)35(18-17-32)25(22-15-11-12-16-24(22)36)26(37)34-23(28(39)41-30(2,3)4)19-21-13-9-8-10-14-21/h8-16,20,23,25,36H,18-19H2,1-7H3,(H,33,40)(H,34,37). The first-order valence-corrected chi connectivity index (χ1v) is 13.5. The smallest absolute Gasteiger partial charge is 0.408 e. The Morgan fingerprint density at radius 2 is 1.48 bits per heavy atom. The summed E-state index contributed by atoms with van der Waals surface area (Å²) in [5, 5.41) is 25.4. The van der Waals surface area contributed by atoms with E-state index in [1.807, 2.05) is 12.1 Å². The van der Waals surface area contributed by atoms with Crippen molar-refractivity contribution < 1.29 is 33.8 Å². The van der Waals surface area contributed by atoms with Crippen LogP contribution in [0.15, 0.2) is 54.6 Å². The number of para-hydroxylation sites is 1. The van der Waals surface area contributed by atoms with Crippen LogP contribution in [0.4, 0.5) is 4.79 Å². The number of benzene rings is 2. The van der Waals surface area contributed by atoms with Crippen LogP contribution in [-0.2, 0) is 30.3 Å². The van der Waals surface area contributed by atoms with E-state index in [1.165, 1.54) is 25.1 Å². The second-order valence-corrected chi connectivity index (χ2v) is 11.7. The molecular formula is C31H40N4O7. The highest BCUT2D eigenvalue weighted by molar-refractivity contribution is 5.94. The number of alkyl carbamates (subject to hydrolysis) is 1. The van der Waals surface area contributed by atoms with Crippen molar-refractivity contribution in [1.29, 1.82) is 5.26 Å². The van der Waals surface area contributed by atoms with Crippen molar-refractivity contribution in [1.82, 2.24) is 15.5 Å². The van der Waals surface area contributed by atoms with Gasteiger partial charge in [0.05, 0.1) is 6.07 Å². The number of hydrogen-bond donors (Lipinski definition) is 3. The Bertz CT molecular complexity index is 1290. The zero-order valence-corrected chi connectivity index (χ0v) is 25.1. The van der Waals surface area contributed by atoms with Gasteiger partial charge >= 0.3 is 12.1 Å². The van der Waals surface area contributed by atoms with Gasteiger partial charge in [-0.1, -0.05) is 48.5 Å². The Hall–Kier alpha value is -4.59. The number of amides is 3. The third-order valence-corrected chi connectivity index (χ3v) is 5.71. The van der Waals surface area contributed by atoms with Gasteiger partial charge in [-0.3, -0.25) is 9.59 Å². The Morgan fingerprint density at radius 1 is 0.905 bits per heavy atom. The number of hydrogen-bond acceptors (Lipinski definition) is 8. The molecule has 11 heteroatoms. The van der Waals surface area contributed by atoms with Crippen molar-refractivity contribution >= 4 is 23.9 Å². The highest BCUT2D eigenvalue weighted by Gasteiger charge is 2.38. The van der Waals surface area contributed by atoms with Gasteiger partial charge < -0.3 is 30.1 Å². The molecule has 3 atom stereocenters. The monoisotopic (exact) mass is 580 g/mol. The average molecular weight is 581 g/mol. The predicted octanol–water partition coefficient (Wildman–Crippen LogP) is 3.77. The van der Waals surface area contributed by atoms with Gasteiger partial charge in [-0.15, -0.1) is 0 Å². The lowest BCUT2D eigenvalue weighted by atomic mass is 10.00. The summed E-state index contributed by atoms with van der Waals surface area (Å²) in [4.78, 5) is 54.1. The zero-order valence-electron chi connectivity index (χ0n) is 25.1. The van der Waals surface area contributed by atoms with Gasteiger partial charge in [0.1, 0.15) is 41.6 Å². The number of aromatic hydroxyl groups is 1. The summed E-state index contributed by atoms with van der Waals surface area (Å²) in [6.07, 6.45) is -0.783. The largest absolute Gasteiger partial charge is 0.508 e. The molecule has 0 heterocycles. The molecule has 2 rings (SSSR count). The number of nitrogens with one attached hydrogen (secondary N) is 2. The highest BCUT2D eigenvalue weighted by Crippen LogP contribution is 2.30. The summed E-state index contributed by atoms with van der Waals surface area (Å²) in [6.45, 7) is 10.9. The molecular weight excluding hydrogens is 540 g/mol. The molecule has 3 N–H and O–H groups in total. The Balaban J connectivity index is 2.50. The quantitative estimate of drug-likeness (QED) is 0.283. The Kier molecular flexibility index (Phi) is 11.5. The fourth-order valence-electron chi connectivity index (χ4n) is 4.00. The van der Waals surface area contributed by atoms with E-state index in [9.17, 15) is 29.5 Å². The van der Waals surface area contributed by atoms with Gasteiger partial charge in [0.25, 0.3) is 0 Å². The first-order chi connectivity index (χ1) is 19.5. The third kappa shape index (κ3) is 10.4. The van der Waals surface area contributed by atoms with Crippen molar-refractivity contribution in [3.05, 3.63) is 65.7 Å². The topological polar surface area (TPSA) is 158 Å². The molecule has 0 fully saturated rings. The summed E-state index contributed by atoms with van der Waals surface area (Å²) < 4.78 is 10.8. The second-order valence-electron chi connectivity index (χ2n) is 11.7. The van der Waals surface area contributed by atoms with E-state index in [0.717, 1.165) is 10.5 Å². The van der Waals surface area contributed by atoms with Gasteiger partial charge in [0.15, 0.2) is 0 Å². The molecule has 226 valence electrons. The average Bonchev–Trinajstić information content (AvgIpc) is 2.87. The molecule has 0 bridgehead atoms. The fourth-order valence-corrected chi connectivity index (χ4v) is 4.00. The maximum atomic E-state index is 14.0. The maximum Gasteiger partial charge on any atom is 0.408 e. The molecule has 2 aromatic carbocycles. The van der Waals surface area contributed by atoms with Crippen LogP contribution in [0.3, 0.4) is 0 Å². The Labute approximate surface area is 246 Å². The van der Waals surface area contributed by atoms with Gasteiger partial charge in [-0.25, -0.2) is 9.59 Å². The number of carbonyl (C=O) groups excluding carboxylic acids is 4. The van der Waals surface area contributed by atoms with E-state index in [2.05, 4.69) is 10.6 Å². The number of nitriles is 1. The molecule has 0 aromatic heterocycles.